The summed E-state index contributed by atoms with van der Waals surface area (Å²) in [6, 6.07) is 0. The zero-order chi connectivity index (χ0) is 13.1. The Bertz CT molecular complexity index is 460. The van der Waals surface area contributed by atoms with Gasteiger partial charge in [-0.25, -0.2) is 0 Å². The molecule has 0 unspecified atom stereocenters. The van der Waals surface area contributed by atoms with Gasteiger partial charge in [0, 0.05) is 32.3 Å². The Morgan fingerprint density at radius 1 is 1.56 bits per heavy atom. The second kappa shape index (κ2) is 5.07. The number of hydrogen-bond acceptors (Lipinski definition) is 4. The maximum atomic E-state index is 12.1. The van der Waals surface area contributed by atoms with Crippen LogP contribution in [0, 0.1) is 5.92 Å². The molecule has 98 valence electrons. The van der Waals surface area contributed by atoms with Crippen LogP contribution >= 0.6 is 0 Å². The van der Waals surface area contributed by atoms with Crippen LogP contribution in [0.15, 0.2) is 17.5 Å². The summed E-state index contributed by atoms with van der Waals surface area (Å²) >= 11 is 0. The number of aryl methyl sites for hydroxylation is 1. The van der Waals surface area contributed by atoms with Crippen LogP contribution in [-0.4, -0.2) is 44.7 Å². The summed E-state index contributed by atoms with van der Waals surface area (Å²) in [6.07, 6.45) is 4.72. The fourth-order valence-electron chi connectivity index (χ4n) is 2.17. The first-order valence-corrected chi connectivity index (χ1v) is 5.87. The highest BCUT2D eigenvalue weighted by Crippen LogP contribution is 2.19. The van der Waals surface area contributed by atoms with Crippen molar-refractivity contribution in [3.05, 3.63) is 18.0 Å². The lowest BCUT2D eigenvalue weighted by Gasteiger charge is -2.31. The fraction of sp³-hybridized carbons (Fsp3) is 0.545. The van der Waals surface area contributed by atoms with Crippen molar-refractivity contribution < 1.29 is 10.0 Å². The molecule has 0 saturated carbocycles. The van der Waals surface area contributed by atoms with Crippen molar-refractivity contribution in [1.82, 2.24) is 14.7 Å². The highest BCUT2D eigenvalue weighted by molar-refractivity contribution is 5.94. The topological polar surface area (TPSA) is 96.7 Å². The molecule has 0 bridgehead atoms. The summed E-state index contributed by atoms with van der Waals surface area (Å²) in [5.41, 5.74) is 6.16. The predicted octanol–water partition coefficient (Wildman–Crippen LogP) is 0.0187. The first-order valence-electron chi connectivity index (χ1n) is 5.87. The molecule has 0 aliphatic carbocycles. The van der Waals surface area contributed by atoms with E-state index in [9.17, 15) is 4.79 Å². The van der Waals surface area contributed by atoms with E-state index >= 15 is 0 Å². The highest BCUT2D eigenvalue weighted by Gasteiger charge is 2.26. The van der Waals surface area contributed by atoms with Crippen LogP contribution < -0.4 is 5.73 Å². The number of carbonyl (C=O) groups excluding carboxylic acids is 1. The van der Waals surface area contributed by atoms with Gasteiger partial charge in [0.1, 0.15) is 5.84 Å². The zero-order valence-electron chi connectivity index (χ0n) is 10.3. The largest absolute Gasteiger partial charge is 0.409 e. The molecule has 7 nitrogen and oxygen atoms in total. The van der Waals surface area contributed by atoms with Crippen LogP contribution in [0.4, 0.5) is 0 Å². The van der Waals surface area contributed by atoms with Gasteiger partial charge in [-0.1, -0.05) is 5.16 Å². The molecule has 2 rings (SSSR count). The van der Waals surface area contributed by atoms with Crippen LogP contribution in [0.3, 0.4) is 0 Å². The lowest BCUT2D eigenvalue weighted by atomic mass is 9.95. The molecule has 18 heavy (non-hydrogen) atoms. The molecule has 1 aromatic heterocycles. The van der Waals surface area contributed by atoms with Crippen LogP contribution in [0.25, 0.3) is 0 Å². The van der Waals surface area contributed by atoms with Crippen LogP contribution in [0.5, 0.6) is 0 Å². The summed E-state index contributed by atoms with van der Waals surface area (Å²) in [7, 11) is 1.78. The van der Waals surface area contributed by atoms with Gasteiger partial charge in [-0.2, -0.15) is 5.10 Å². The minimum Gasteiger partial charge on any atom is -0.409 e. The van der Waals surface area contributed by atoms with Gasteiger partial charge in [-0.3, -0.25) is 9.48 Å². The van der Waals surface area contributed by atoms with E-state index in [0.717, 1.165) is 12.8 Å². The fourth-order valence-corrected chi connectivity index (χ4v) is 2.17. The Morgan fingerprint density at radius 3 is 2.72 bits per heavy atom. The number of amidine groups is 1. The maximum Gasteiger partial charge on any atom is 0.257 e. The minimum atomic E-state index is -0.0129. The molecule has 1 fully saturated rings. The number of nitrogens with zero attached hydrogens (tertiary/aromatic N) is 4. The number of likely N-dealkylation sites (tertiary alicyclic amines) is 1. The third kappa shape index (κ3) is 2.44. The smallest absolute Gasteiger partial charge is 0.257 e. The summed E-state index contributed by atoms with van der Waals surface area (Å²) in [5.74, 6) is 0.303. The standard InChI is InChI=1S/C11H17N5O2/c1-15-7-9(6-13-15)11(17)16-4-2-8(3-5-16)10(12)14-18/h6-8,18H,2-5H2,1H3,(H2,12,14). The molecular formula is C11H17N5O2. The number of hydrogen-bond donors (Lipinski definition) is 2. The lowest BCUT2D eigenvalue weighted by molar-refractivity contribution is 0.0709. The van der Waals surface area contributed by atoms with Crippen molar-refractivity contribution in [2.24, 2.45) is 23.9 Å². The molecular weight excluding hydrogens is 234 g/mol. The Hall–Kier alpha value is -2.05. The monoisotopic (exact) mass is 251 g/mol. The first-order chi connectivity index (χ1) is 8.61. The number of amides is 1. The van der Waals surface area contributed by atoms with Gasteiger partial charge in [0.2, 0.25) is 0 Å². The van der Waals surface area contributed by atoms with Crippen molar-refractivity contribution >= 4 is 11.7 Å². The SMILES string of the molecule is Cn1cc(C(=O)N2CCC(C(N)=NO)CC2)cn1. The number of oxime groups is 1. The molecule has 0 aromatic carbocycles. The van der Waals surface area contributed by atoms with Crippen molar-refractivity contribution in [1.29, 1.82) is 0 Å². The van der Waals surface area contributed by atoms with Gasteiger partial charge in [-0.05, 0) is 12.8 Å². The second-order valence-electron chi connectivity index (χ2n) is 4.49. The average molecular weight is 251 g/mol. The summed E-state index contributed by atoms with van der Waals surface area (Å²) in [6.45, 7) is 1.24. The van der Waals surface area contributed by atoms with Gasteiger partial charge in [0.25, 0.3) is 5.91 Å². The van der Waals surface area contributed by atoms with Crippen LogP contribution in [-0.2, 0) is 7.05 Å². The van der Waals surface area contributed by atoms with Crippen molar-refractivity contribution in [3.63, 3.8) is 0 Å². The first kappa shape index (κ1) is 12.4. The molecule has 7 heteroatoms. The van der Waals surface area contributed by atoms with E-state index in [1.165, 1.54) is 0 Å². The van der Waals surface area contributed by atoms with E-state index < -0.39 is 0 Å². The normalized spacial score (nSPS) is 18.1. The van der Waals surface area contributed by atoms with E-state index in [-0.39, 0.29) is 17.7 Å². The predicted molar refractivity (Wildman–Crippen MR) is 65.2 cm³/mol. The molecule has 0 atom stereocenters. The summed E-state index contributed by atoms with van der Waals surface area (Å²) < 4.78 is 1.61. The molecule has 0 radical (unpaired) electrons. The second-order valence-corrected chi connectivity index (χ2v) is 4.49. The molecule has 0 spiro atoms. The van der Waals surface area contributed by atoms with Gasteiger partial charge in [0.05, 0.1) is 11.8 Å². The van der Waals surface area contributed by atoms with Gasteiger partial charge >= 0.3 is 0 Å². The zero-order valence-corrected chi connectivity index (χ0v) is 10.3. The van der Waals surface area contributed by atoms with Gasteiger partial charge in [0.15, 0.2) is 0 Å². The number of rotatable bonds is 2. The van der Waals surface area contributed by atoms with E-state index in [4.69, 9.17) is 10.9 Å². The van der Waals surface area contributed by atoms with Crippen LogP contribution in [0.2, 0.25) is 0 Å². The Balaban J connectivity index is 1.96. The van der Waals surface area contributed by atoms with Crippen molar-refractivity contribution in [3.8, 4) is 0 Å². The highest BCUT2D eigenvalue weighted by atomic mass is 16.4. The molecule has 3 N–H and O–H groups in total. The van der Waals surface area contributed by atoms with E-state index in [2.05, 4.69) is 10.3 Å². The number of carbonyl (C=O) groups is 1. The van der Waals surface area contributed by atoms with Gasteiger partial charge in [-0.15, -0.1) is 0 Å². The molecule has 1 aromatic rings. The number of aromatic nitrogens is 2. The minimum absolute atomic E-state index is 0.0129. The number of piperidine rings is 1. The van der Waals surface area contributed by atoms with Crippen LogP contribution in [0.1, 0.15) is 23.2 Å². The summed E-state index contributed by atoms with van der Waals surface area (Å²) in [4.78, 5) is 13.9. The third-order valence-corrected chi connectivity index (χ3v) is 3.27. The molecule has 1 amide bonds. The van der Waals surface area contributed by atoms with Gasteiger partial charge < -0.3 is 15.8 Å². The lowest BCUT2D eigenvalue weighted by Crippen LogP contribution is -2.41. The molecule has 1 saturated heterocycles. The Morgan fingerprint density at radius 2 is 2.22 bits per heavy atom. The van der Waals surface area contributed by atoms with Crippen molar-refractivity contribution in [2.75, 3.05) is 13.1 Å². The molecule has 2 heterocycles. The average Bonchev–Trinajstić information content (AvgIpc) is 2.84. The van der Waals surface area contributed by atoms with E-state index in [1.54, 1.807) is 29.0 Å². The molecule has 1 aliphatic heterocycles. The maximum absolute atomic E-state index is 12.1. The Labute approximate surface area is 105 Å². The number of nitrogens with two attached hydrogens (primary N) is 1. The van der Waals surface area contributed by atoms with E-state index in [1.807, 2.05) is 0 Å². The molecule has 1 aliphatic rings. The van der Waals surface area contributed by atoms with E-state index in [0.29, 0.717) is 18.7 Å². The quantitative estimate of drug-likeness (QED) is 0.335. The summed E-state index contributed by atoms with van der Waals surface area (Å²) in [5, 5.41) is 15.6. The Kier molecular flexibility index (Phi) is 3.50. The third-order valence-electron chi connectivity index (χ3n) is 3.27. The van der Waals surface area contributed by atoms with Crippen molar-refractivity contribution in [2.45, 2.75) is 12.8 Å².